The Kier molecular flexibility index (Phi) is 4.59. The van der Waals surface area contributed by atoms with Crippen LogP contribution >= 0.6 is 0 Å². The Morgan fingerprint density at radius 3 is 3.00 bits per heavy atom. The van der Waals surface area contributed by atoms with Gasteiger partial charge in [0.25, 0.3) is 0 Å². The minimum atomic E-state index is 0.289. The molecule has 0 fully saturated rings. The van der Waals surface area contributed by atoms with E-state index in [0.29, 0.717) is 0 Å². The Labute approximate surface area is 85.5 Å². The van der Waals surface area contributed by atoms with Gasteiger partial charge in [-0.15, -0.1) is 0 Å². The van der Waals surface area contributed by atoms with Crippen molar-refractivity contribution in [3.63, 3.8) is 0 Å². The maximum atomic E-state index is 5.69. The van der Waals surface area contributed by atoms with Crippen LogP contribution in [0.1, 0.15) is 38.9 Å². The molecule has 0 spiro atoms. The summed E-state index contributed by atoms with van der Waals surface area (Å²) in [4.78, 5) is 4.24. The van der Waals surface area contributed by atoms with Gasteiger partial charge in [0.05, 0.1) is 0 Å². The Morgan fingerprint density at radius 2 is 2.36 bits per heavy atom. The molecule has 0 aromatic carbocycles. The number of nitrogens with two attached hydrogens (primary N) is 1. The molecular formula is C10H20N4. The summed E-state index contributed by atoms with van der Waals surface area (Å²) in [6.45, 7) is 5.15. The van der Waals surface area contributed by atoms with Gasteiger partial charge < -0.3 is 5.73 Å². The molecule has 1 rings (SSSR count). The van der Waals surface area contributed by atoms with Crippen molar-refractivity contribution in [1.29, 1.82) is 0 Å². The van der Waals surface area contributed by atoms with E-state index in [-0.39, 0.29) is 6.04 Å². The first kappa shape index (κ1) is 11.2. The smallest absolute Gasteiger partial charge is 0.138 e. The molecule has 1 unspecified atom stereocenters. The summed E-state index contributed by atoms with van der Waals surface area (Å²) in [6.07, 6.45) is 5.88. The van der Waals surface area contributed by atoms with Gasteiger partial charge in [0.2, 0.25) is 0 Å². The molecule has 1 aromatic rings. The van der Waals surface area contributed by atoms with E-state index in [1.54, 1.807) is 6.33 Å². The Morgan fingerprint density at radius 1 is 1.57 bits per heavy atom. The fourth-order valence-corrected chi connectivity index (χ4v) is 1.46. The summed E-state index contributed by atoms with van der Waals surface area (Å²) in [6, 6.07) is 0.289. The van der Waals surface area contributed by atoms with Gasteiger partial charge in [-0.25, -0.2) is 4.98 Å². The van der Waals surface area contributed by atoms with Crippen molar-refractivity contribution in [2.75, 3.05) is 0 Å². The third-order valence-electron chi connectivity index (χ3n) is 2.19. The highest BCUT2D eigenvalue weighted by Gasteiger charge is 2.03. The lowest BCUT2D eigenvalue weighted by Gasteiger charge is -2.05. The van der Waals surface area contributed by atoms with Crippen molar-refractivity contribution in [2.45, 2.75) is 52.1 Å². The second-order valence-electron chi connectivity index (χ2n) is 3.77. The van der Waals surface area contributed by atoms with Crippen molar-refractivity contribution in [3.05, 3.63) is 12.2 Å². The first-order valence-corrected chi connectivity index (χ1v) is 5.36. The van der Waals surface area contributed by atoms with Crippen LogP contribution in [0, 0.1) is 0 Å². The van der Waals surface area contributed by atoms with E-state index in [4.69, 9.17) is 5.73 Å². The third kappa shape index (κ3) is 3.46. The third-order valence-corrected chi connectivity index (χ3v) is 2.19. The van der Waals surface area contributed by atoms with E-state index in [1.165, 1.54) is 0 Å². The van der Waals surface area contributed by atoms with E-state index >= 15 is 0 Å². The van der Waals surface area contributed by atoms with Crippen molar-refractivity contribution in [3.8, 4) is 0 Å². The highest BCUT2D eigenvalue weighted by atomic mass is 15.3. The van der Waals surface area contributed by atoms with Crippen LogP contribution in [0.15, 0.2) is 6.33 Å². The maximum Gasteiger partial charge on any atom is 0.138 e. The molecule has 4 heteroatoms. The molecule has 0 radical (unpaired) electrons. The molecule has 80 valence electrons. The topological polar surface area (TPSA) is 56.7 Å². The Bertz CT molecular complexity index is 254. The van der Waals surface area contributed by atoms with Crippen LogP contribution in [0.4, 0.5) is 0 Å². The first-order chi connectivity index (χ1) is 6.74. The molecule has 0 aliphatic heterocycles. The van der Waals surface area contributed by atoms with Crippen LogP contribution in [-0.2, 0) is 13.0 Å². The van der Waals surface area contributed by atoms with Gasteiger partial charge in [0.15, 0.2) is 0 Å². The highest BCUT2D eigenvalue weighted by molar-refractivity contribution is 4.84. The van der Waals surface area contributed by atoms with Crippen LogP contribution in [0.5, 0.6) is 0 Å². The van der Waals surface area contributed by atoms with E-state index in [1.807, 2.05) is 11.6 Å². The molecule has 0 bridgehead atoms. The minimum absolute atomic E-state index is 0.289. The fourth-order valence-electron chi connectivity index (χ4n) is 1.46. The lowest BCUT2D eigenvalue weighted by Crippen LogP contribution is -2.15. The van der Waals surface area contributed by atoms with Gasteiger partial charge in [-0.05, 0) is 26.2 Å². The number of rotatable bonds is 6. The lowest BCUT2D eigenvalue weighted by atomic mass is 10.1. The van der Waals surface area contributed by atoms with Crippen LogP contribution in [-0.4, -0.2) is 20.8 Å². The maximum absolute atomic E-state index is 5.69. The summed E-state index contributed by atoms with van der Waals surface area (Å²) in [5.41, 5.74) is 5.69. The predicted octanol–water partition coefficient (Wildman–Crippen LogP) is 1.36. The average Bonchev–Trinajstić information content (AvgIpc) is 2.53. The molecule has 1 heterocycles. The van der Waals surface area contributed by atoms with Crippen molar-refractivity contribution >= 4 is 0 Å². The molecule has 1 atom stereocenters. The van der Waals surface area contributed by atoms with Gasteiger partial charge in [0.1, 0.15) is 12.2 Å². The van der Waals surface area contributed by atoms with Crippen molar-refractivity contribution < 1.29 is 0 Å². The molecule has 0 saturated heterocycles. The number of hydrogen-bond donors (Lipinski definition) is 1. The van der Waals surface area contributed by atoms with Crippen LogP contribution < -0.4 is 5.73 Å². The molecule has 1 aromatic heterocycles. The zero-order valence-corrected chi connectivity index (χ0v) is 9.11. The number of nitrogens with zero attached hydrogens (tertiary/aromatic N) is 3. The molecule has 2 N–H and O–H groups in total. The SMILES string of the molecule is CCCn1ncnc1CCCC(C)N. The molecule has 0 aliphatic carbocycles. The zero-order chi connectivity index (χ0) is 10.4. The fraction of sp³-hybridized carbons (Fsp3) is 0.800. The lowest BCUT2D eigenvalue weighted by molar-refractivity contribution is 0.544. The van der Waals surface area contributed by atoms with E-state index in [2.05, 4.69) is 17.0 Å². The normalized spacial score (nSPS) is 13.1. The summed E-state index contributed by atoms with van der Waals surface area (Å²) < 4.78 is 1.99. The largest absolute Gasteiger partial charge is 0.328 e. The van der Waals surface area contributed by atoms with Crippen LogP contribution in [0.3, 0.4) is 0 Å². The van der Waals surface area contributed by atoms with E-state index < -0.39 is 0 Å². The molecule has 0 aliphatic rings. The first-order valence-electron chi connectivity index (χ1n) is 5.36. The van der Waals surface area contributed by atoms with Crippen molar-refractivity contribution in [2.24, 2.45) is 5.73 Å². The second kappa shape index (κ2) is 5.75. The number of hydrogen-bond acceptors (Lipinski definition) is 3. The zero-order valence-electron chi connectivity index (χ0n) is 9.11. The average molecular weight is 196 g/mol. The molecule has 0 amide bonds. The summed E-state index contributed by atoms with van der Waals surface area (Å²) in [5, 5.41) is 4.18. The minimum Gasteiger partial charge on any atom is -0.328 e. The van der Waals surface area contributed by atoms with Crippen LogP contribution in [0.25, 0.3) is 0 Å². The van der Waals surface area contributed by atoms with Gasteiger partial charge in [-0.2, -0.15) is 5.10 Å². The number of aryl methyl sites for hydroxylation is 2. The predicted molar refractivity (Wildman–Crippen MR) is 56.9 cm³/mol. The van der Waals surface area contributed by atoms with Gasteiger partial charge in [0, 0.05) is 19.0 Å². The van der Waals surface area contributed by atoms with E-state index in [9.17, 15) is 0 Å². The van der Waals surface area contributed by atoms with Crippen molar-refractivity contribution in [1.82, 2.24) is 14.8 Å². The Hall–Kier alpha value is -0.900. The highest BCUT2D eigenvalue weighted by Crippen LogP contribution is 2.03. The molecule has 0 saturated carbocycles. The number of aromatic nitrogens is 3. The monoisotopic (exact) mass is 196 g/mol. The standard InChI is InChI=1S/C10H20N4/c1-3-7-14-10(12-8-13-14)6-4-5-9(2)11/h8-9H,3-7,11H2,1-2H3. The summed E-state index contributed by atoms with van der Waals surface area (Å²) in [7, 11) is 0. The quantitative estimate of drug-likeness (QED) is 0.747. The summed E-state index contributed by atoms with van der Waals surface area (Å²) >= 11 is 0. The molecular weight excluding hydrogens is 176 g/mol. The summed E-state index contributed by atoms with van der Waals surface area (Å²) in [5.74, 6) is 1.09. The Balaban J connectivity index is 2.37. The second-order valence-corrected chi connectivity index (χ2v) is 3.77. The van der Waals surface area contributed by atoms with Crippen LogP contribution in [0.2, 0.25) is 0 Å². The van der Waals surface area contributed by atoms with E-state index in [0.717, 1.165) is 38.1 Å². The van der Waals surface area contributed by atoms with Gasteiger partial charge in [-0.3, -0.25) is 4.68 Å². The van der Waals surface area contributed by atoms with Gasteiger partial charge >= 0.3 is 0 Å². The molecule has 4 nitrogen and oxygen atoms in total. The van der Waals surface area contributed by atoms with Gasteiger partial charge in [-0.1, -0.05) is 6.92 Å². The molecule has 14 heavy (non-hydrogen) atoms.